The summed E-state index contributed by atoms with van der Waals surface area (Å²) in [5.74, 6) is -0.548. The van der Waals surface area contributed by atoms with Gasteiger partial charge < -0.3 is 9.84 Å². The molecule has 1 saturated carbocycles. The molecule has 1 aliphatic carbocycles. The molecule has 0 aliphatic heterocycles. The number of nitrogens with zero attached hydrogens (tertiary/aromatic N) is 1. The van der Waals surface area contributed by atoms with Gasteiger partial charge in [-0.1, -0.05) is 6.42 Å². The molecule has 1 aromatic heterocycles. The molecular formula is C12H15NO3. The Balaban J connectivity index is 2.10. The van der Waals surface area contributed by atoms with Crippen LogP contribution in [0.15, 0.2) is 18.5 Å². The smallest absolute Gasteiger partial charge is 0.341 e. The number of carboxylic acid groups (broad SMARTS) is 1. The number of aromatic nitrogens is 1. The van der Waals surface area contributed by atoms with Crippen LogP contribution in [0.5, 0.6) is 5.75 Å². The van der Waals surface area contributed by atoms with E-state index in [0.717, 1.165) is 25.7 Å². The lowest BCUT2D eigenvalue weighted by Gasteiger charge is -2.23. The average Bonchev–Trinajstić information content (AvgIpc) is 2.31. The molecule has 4 nitrogen and oxygen atoms in total. The second-order valence-corrected chi connectivity index (χ2v) is 4.05. The molecule has 0 atom stereocenters. The van der Waals surface area contributed by atoms with Crippen molar-refractivity contribution in [3.05, 3.63) is 24.0 Å². The Kier molecular flexibility index (Phi) is 3.39. The number of ether oxygens (including phenoxy) is 1. The standard InChI is InChI=1S/C12H15NO3/c14-12(15)10-8-13-7-6-11(10)16-9-4-2-1-3-5-9/h6-9H,1-5H2,(H,14,15). The molecular weight excluding hydrogens is 206 g/mol. The van der Waals surface area contributed by atoms with Crippen molar-refractivity contribution in [3.63, 3.8) is 0 Å². The van der Waals surface area contributed by atoms with Crippen LogP contribution in [-0.4, -0.2) is 22.2 Å². The van der Waals surface area contributed by atoms with Gasteiger partial charge in [0.05, 0.1) is 6.10 Å². The molecule has 1 fully saturated rings. The summed E-state index contributed by atoms with van der Waals surface area (Å²) in [5, 5.41) is 8.98. The molecule has 1 N–H and O–H groups in total. The molecule has 2 rings (SSSR count). The van der Waals surface area contributed by atoms with E-state index in [1.54, 1.807) is 12.3 Å². The van der Waals surface area contributed by atoms with Gasteiger partial charge in [-0.05, 0) is 31.7 Å². The molecule has 0 saturated heterocycles. The van der Waals surface area contributed by atoms with E-state index < -0.39 is 5.97 Å². The monoisotopic (exact) mass is 221 g/mol. The highest BCUT2D eigenvalue weighted by Crippen LogP contribution is 2.25. The van der Waals surface area contributed by atoms with Crippen molar-refractivity contribution in [2.75, 3.05) is 0 Å². The predicted octanol–water partition coefficient (Wildman–Crippen LogP) is 2.49. The molecule has 0 aromatic carbocycles. The SMILES string of the molecule is O=C(O)c1cnccc1OC1CCCCC1. The largest absolute Gasteiger partial charge is 0.489 e. The van der Waals surface area contributed by atoms with Gasteiger partial charge in [-0.25, -0.2) is 4.79 Å². The van der Waals surface area contributed by atoms with E-state index in [9.17, 15) is 4.79 Å². The van der Waals surface area contributed by atoms with Gasteiger partial charge in [-0.15, -0.1) is 0 Å². The maximum absolute atomic E-state index is 10.9. The number of hydrogen-bond acceptors (Lipinski definition) is 3. The van der Waals surface area contributed by atoms with Gasteiger partial charge in [0.25, 0.3) is 0 Å². The highest BCUT2D eigenvalue weighted by molar-refractivity contribution is 5.90. The van der Waals surface area contributed by atoms with Crippen LogP contribution in [0.1, 0.15) is 42.5 Å². The van der Waals surface area contributed by atoms with Gasteiger partial charge in [0, 0.05) is 12.4 Å². The molecule has 0 spiro atoms. The number of carbonyl (C=O) groups is 1. The number of aromatic carboxylic acids is 1. The first kappa shape index (κ1) is 10.9. The summed E-state index contributed by atoms with van der Waals surface area (Å²) in [4.78, 5) is 14.7. The number of rotatable bonds is 3. The first-order chi connectivity index (χ1) is 7.77. The Bertz CT molecular complexity index is 372. The van der Waals surface area contributed by atoms with Crippen LogP contribution in [0, 0.1) is 0 Å². The van der Waals surface area contributed by atoms with Gasteiger partial charge >= 0.3 is 5.97 Å². The minimum Gasteiger partial charge on any atom is -0.489 e. The normalized spacial score (nSPS) is 17.0. The summed E-state index contributed by atoms with van der Waals surface area (Å²) in [5.41, 5.74) is 0.146. The second-order valence-electron chi connectivity index (χ2n) is 4.05. The fraction of sp³-hybridized carbons (Fsp3) is 0.500. The summed E-state index contributed by atoms with van der Waals surface area (Å²) < 4.78 is 5.73. The van der Waals surface area contributed by atoms with Crippen molar-refractivity contribution in [2.24, 2.45) is 0 Å². The van der Waals surface area contributed by atoms with Crippen LogP contribution in [0.3, 0.4) is 0 Å². The third-order valence-electron chi connectivity index (χ3n) is 2.86. The summed E-state index contributed by atoms with van der Waals surface area (Å²) in [6.45, 7) is 0. The Morgan fingerprint density at radius 1 is 1.38 bits per heavy atom. The van der Waals surface area contributed by atoms with Crippen molar-refractivity contribution in [2.45, 2.75) is 38.2 Å². The maximum atomic E-state index is 10.9. The van der Waals surface area contributed by atoms with Gasteiger partial charge in [-0.2, -0.15) is 0 Å². The van der Waals surface area contributed by atoms with Crippen LogP contribution in [0.4, 0.5) is 0 Å². The first-order valence-electron chi connectivity index (χ1n) is 5.61. The van der Waals surface area contributed by atoms with Crippen molar-refractivity contribution in [1.29, 1.82) is 0 Å². The quantitative estimate of drug-likeness (QED) is 0.851. The Labute approximate surface area is 94.3 Å². The van der Waals surface area contributed by atoms with Gasteiger partial charge in [0.1, 0.15) is 11.3 Å². The van der Waals surface area contributed by atoms with E-state index >= 15 is 0 Å². The van der Waals surface area contributed by atoms with Crippen LogP contribution in [0.25, 0.3) is 0 Å². The zero-order chi connectivity index (χ0) is 11.4. The molecule has 0 radical (unpaired) electrons. The molecule has 1 heterocycles. The van der Waals surface area contributed by atoms with E-state index in [2.05, 4.69) is 4.98 Å². The molecule has 4 heteroatoms. The van der Waals surface area contributed by atoms with Crippen molar-refractivity contribution in [1.82, 2.24) is 4.98 Å². The number of hydrogen-bond donors (Lipinski definition) is 1. The fourth-order valence-corrected chi connectivity index (χ4v) is 2.01. The summed E-state index contributed by atoms with van der Waals surface area (Å²) >= 11 is 0. The average molecular weight is 221 g/mol. The lowest BCUT2D eigenvalue weighted by atomic mass is 9.98. The van der Waals surface area contributed by atoms with E-state index in [1.165, 1.54) is 12.6 Å². The lowest BCUT2D eigenvalue weighted by molar-refractivity contribution is 0.0685. The van der Waals surface area contributed by atoms with Gasteiger partial charge in [-0.3, -0.25) is 4.98 Å². The molecule has 1 aliphatic rings. The summed E-state index contributed by atoms with van der Waals surface area (Å²) in [6, 6.07) is 1.62. The van der Waals surface area contributed by atoms with E-state index in [4.69, 9.17) is 9.84 Å². The van der Waals surface area contributed by atoms with Crippen molar-refractivity contribution < 1.29 is 14.6 Å². The Hall–Kier alpha value is -1.58. The third-order valence-corrected chi connectivity index (χ3v) is 2.86. The minimum atomic E-state index is -0.987. The van der Waals surface area contributed by atoms with Crippen LogP contribution in [0.2, 0.25) is 0 Å². The van der Waals surface area contributed by atoms with Crippen LogP contribution >= 0.6 is 0 Å². The molecule has 0 unspecified atom stereocenters. The number of carboxylic acids is 1. The molecule has 0 bridgehead atoms. The van der Waals surface area contributed by atoms with Crippen LogP contribution in [-0.2, 0) is 0 Å². The zero-order valence-corrected chi connectivity index (χ0v) is 9.06. The van der Waals surface area contributed by atoms with Crippen LogP contribution < -0.4 is 4.74 Å². The second kappa shape index (κ2) is 4.96. The zero-order valence-electron chi connectivity index (χ0n) is 9.06. The molecule has 16 heavy (non-hydrogen) atoms. The summed E-state index contributed by atoms with van der Waals surface area (Å²) in [7, 11) is 0. The highest BCUT2D eigenvalue weighted by Gasteiger charge is 2.18. The highest BCUT2D eigenvalue weighted by atomic mass is 16.5. The molecule has 1 aromatic rings. The molecule has 86 valence electrons. The Morgan fingerprint density at radius 3 is 2.81 bits per heavy atom. The number of pyridine rings is 1. The van der Waals surface area contributed by atoms with Gasteiger partial charge in [0.15, 0.2) is 0 Å². The van der Waals surface area contributed by atoms with E-state index in [1.807, 2.05) is 0 Å². The third kappa shape index (κ3) is 2.51. The van der Waals surface area contributed by atoms with Gasteiger partial charge in [0.2, 0.25) is 0 Å². The van der Waals surface area contributed by atoms with E-state index in [-0.39, 0.29) is 11.7 Å². The van der Waals surface area contributed by atoms with Crippen molar-refractivity contribution >= 4 is 5.97 Å². The van der Waals surface area contributed by atoms with E-state index in [0.29, 0.717) is 5.75 Å². The minimum absolute atomic E-state index is 0.146. The molecule has 0 amide bonds. The Morgan fingerprint density at radius 2 is 2.12 bits per heavy atom. The predicted molar refractivity (Wildman–Crippen MR) is 58.7 cm³/mol. The lowest BCUT2D eigenvalue weighted by Crippen LogP contribution is -2.20. The maximum Gasteiger partial charge on any atom is 0.341 e. The summed E-state index contributed by atoms with van der Waals surface area (Å²) in [6.07, 6.45) is 8.67. The fourth-order valence-electron chi connectivity index (χ4n) is 2.01. The topological polar surface area (TPSA) is 59.4 Å². The first-order valence-corrected chi connectivity index (χ1v) is 5.61. The van der Waals surface area contributed by atoms with Crippen molar-refractivity contribution in [3.8, 4) is 5.75 Å².